The van der Waals surface area contributed by atoms with Crippen molar-refractivity contribution in [2.24, 2.45) is 0 Å². The Morgan fingerprint density at radius 3 is 2.81 bits per heavy atom. The number of likely N-dealkylation sites (tertiary alicyclic amines) is 1. The van der Waals surface area contributed by atoms with Crippen molar-refractivity contribution in [3.05, 3.63) is 42.1 Å². The molecule has 0 unspecified atom stereocenters. The Labute approximate surface area is 125 Å². The summed E-state index contributed by atoms with van der Waals surface area (Å²) in [6, 6.07) is 10.5. The minimum atomic E-state index is 0.113. The second-order valence-corrected chi connectivity index (χ2v) is 5.56. The van der Waals surface area contributed by atoms with Crippen molar-refractivity contribution < 1.29 is 9.84 Å². The van der Waals surface area contributed by atoms with Gasteiger partial charge in [0.25, 0.3) is 0 Å². The van der Waals surface area contributed by atoms with E-state index in [9.17, 15) is 0 Å². The number of benzene rings is 1. The summed E-state index contributed by atoms with van der Waals surface area (Å²) in [5, 5.41) is 10.0. The lowest BCUT2D eigenvalue weighted by molar-refractivity contribution is -0.00895. The summed E-state index contributed by atoms with van der Waals surface area (Å²) in [5.74, 6) is 0. The first-order valence-corrected chi connectivity index (χ1v) is 7.64. The van der Waals surface area contributed by atoms with Crippen LogP contribution in [0.3, 0.4) is 0 Å². The summed E-state index contributed by atoms with van der Waals surface area (Å²) >= 11 is 0. The first-order valence-electron chi connectivity index (χ1n) is 7.64. The van der Waals surface area contributed by atoms with Gasteiger partial charge in [-0.05, 0) is 24.5 Å². The van der Waals surface area contributed by atoms with Crippen molar-refractivity contribution in [2.75, 3.05) is 26.3 Å². The van der Waals surface area contributed by atoms with E-state index in [1.807, 2.05) is 12.3 Å². The largest absolute Gasteiger partial charge is 0.394 e. The van der Waals surface area contributed by atoms with Crippen LogP contribution in [-0.4, -0.2) is 47.4 Å². The number of hydrogen-bond acceptors (Lipinski definition) is 4. The van der Waals surface area contributed by atoms with Crippen molar-refractivity contribution >= 4 is 10.9 Å². The van der Waals surface area contributed by atoms with Crippen molar-refractivity contribution in [1.82, 2.24) is 9.88 Å². The fraction of sp³-hybridized carbons (Fsp3) is 0.471. The highest BCUT2D eigenvalue weighted by molar-refractivity contribution is 5.81. The second kappa shape index (κ2) is 6.98. The molecule has 0 atom stereocenters. The predicted molar refractivity (Wildman–Crippen MR) is 83.1 cm³/mol. The summed E-state index contributed by atoms with van der Waals surface area (Å²) < 4.78 is 5.61. The van der Waals surface area contributed by atoms with Gasteiger partial charge in [0.05, 0.1) is 24.8 Å². The first kappa shape index (κ1) is 14.4. The molecule has 1 saturated heterocycles. The Morgan fingerprint density at radius 2 is 2.00 bits per heavy atom. The number of pyridine rings is 1. The van der Waals surface area contributed by atoms with Crippen LogP contribution >= 0.6 is 0 Å². The van der Waals surface area contributed by atoms with Crippen LogP contribution in [-0.2, 0) is 11.3 Å². The summed E-state index contributed by atoms with van der Waals surface area (Å²) in [6.07, 6.45) is 4.25. The highest BCUT2D eigenvalue weighted by Gasteiger charge is 2.20. The third kappa shape index (κ3) is 3.59. The molecule has 0 bridgehead atoms. The molecule has 21 heavy (non-hydrogen) atoms. The molecule has 1 fully saturated rings. The van der Waals surface area contributed by atoms with Crippen LogP contribution in [0.15, 0.2) is 36.5 Å². The Bertz CT molecular complexity index is 575. The van der Waals surface area contributed by atoms with Crippen LogP contribution < -0.4 is 0 Å². The van der Waals surface area contributed by atoms with E-state index in [0.29, 0.717) is 12.7 Å². The van der Waals surface area contributed by atoms with Gasteiger partial charge >= 0.3 is 0 Å². The molecular formula is C17H22N2O2. The van der Waals surface area contributed by atoms with E-state index in [2.05, 4.69) is 34.1 Å². The van der Waals surface area contributed by atoms with E-state index in [1.54, 1.807) is 0 Å². The van der Waals surface area contributed by atoms with E-state index in [4.69, 9.17) is 9.84 Å². The van der Waals surface area contributed by atoms with Gasteiger partial charge in [-0.15, -0.1) is 0 Å². The average molecular weight is 286 g/mol. The molecule has 1 N–H and O–H groups in total. The van der Waals surface area contributed by atoms with Crippen LogP contribution in [0.4, 0.5) is 0 Å². The molecule has 0 saturated carbocycles. The maximum Gasteiger partial charge on any atom is 0.0746 e. The standard InChI is InChI=1S/C17H22N2O2/c20-11-12-21-16-6-9-19(10-7-16)13-15-4-1-3-14-5-2-8-18-17(14)15/h1-5,8,16,20H,6-7,9-13H2. The number of aliphatic hydroxyl groups is 1. The zero-order chi connectivity index (χ0) is 14.5. The molecule has 1 aliphatic rings. The number of piperidine rings is 1. The SMILES string of the molecule is OCCOC1CCN(Cc2cccc3cccnc23)CC1. The molecule has 1 aromatic carbocycles. The quantitative estimate of drug-likeness (QED) is 0.915. The van der Waals surface area contributed by atoms with Crippen LogP contribution in [0, 0.1) is 0 Å². The maximum atomic E-state index is 8.80. The van der Waals surface area contributed by atoms with Crippen molar-refractivity contribution in [3.63, 3.8) is 0 Å². The van der Waals surface area contributed by atoms with Crippen LogP contribution in [0.5, 0.6) is 0 Å². The summed E-state index contributed by atoms with van der Waals surface area (Å²) in [5.41, 5.74) is 2.40. The van der Waals surface area contributed by atoms with Crippen molar-refractivity contribution in [3.8, 4) is 0 Å². The monoisotopic (exact) mass is 286 g/mol. The fourth-order valence-corrected chi connectivity index (χ4v) is 2.99. The molecule has 4 nitrogen and oxygen atoms in total. The number of fused-ring (bicyclic) bond motifs is 1. The van der Waals surface area contributed by atoms with Crippen molar-refractivity contribution in [2.45, 2.75) is 25.5 Å². The number of nitrogens with zero attached hydrogens (tertiary/aromatic N) is 2. The molecule has 1 aromatic heterocycles. The number of ether oxygens (including phenoxy) is 1. The number of aliphatic hydroxyl groups excluding tert-OH is 1. The van der Waals surface area contributed by atoms with E-state index < -0.39 is 0 Å². The van der Waals surface area contributed by atoms with Gasteiger partial charge in [-0.3, -0.25) is 9.88 Å². The molecule has 0 aliphatic carbocycles. The third-order valence-corrected chi connectivity index (χ3v) is 4.09. The minimum Gasteiger partial charge on any atom is -0.394 e. The van der Waals surface area contributed by atoms with E-state index >= 15 is 0 Å². The molecule has 0 amide bonds. The molecule has 2 heterocycles. The maximum absolute atomic E-state index is 8.80. The summed E-state index contributed by atoms with van der Waals surface area (Å²) in [4.78, 5) is 6.98. The normalized spacial score (nSPS) is 17.4. The second-order valence-electron chi connectivity index (χ2n) is 5.56. The highest BCUT2D eigenvalue weighted by atomic mass is 16.5. The van der Waals surface area contributed by atoms with Gasteiger partial charge in [-0.25, -0.2) is 0 Å². The topological polar surface area (TPSA) is 45.6 Å². The van der Waals surface area contributed by atoms with E-state index in [-0.39, 0.29) is 6.61 Å². The molecule has 112 valence electrons. The van der Waals surface area contributed by atoms with Gasteiger partial charge in [0.15, 0.2) is 0 Å². The first-order chi connectivity index (χ1) is 10.4. The van der Waals surface area contributed by atoms with Gasteiger partial charge in [-0.1, -0.05) is 24.3 Å². The number of hydrogen-bond donors (Lipinski definition) is 1. The number of aromatic nitrogens is 1. The Balaban J connectivity index is 1.62. The lowest BCUT2D eigenvalue weighted by Crippen LogP contribution is -2.37. The lowest BCUT2D eigenvalue weighted by Gasteiger charge is -2.31. The van der Waals surface area contributed by atoms with Gasteiger partial charge in [0.1, 0.15) is 0 Å². The Hall–Kier alpha value is -1.49. The van der Waals surface area contributed by atoms with E-state index in [1.165, 1.54) is 10.9 Å². The minimum absolute atomic E-state index is 0.113. The molecule has 0 radical (unpaired) electrons. The van der Waals surface area contributed by atoms with Gasteiger partial charge < -0.3 is 9.84 Å². The number of para-hydroxylation sites is 1. The van der Waals surface area contributed by atoms with E-state index in [0.717, 1.165) is 38.0 Å². The Morgan fingerprint density at radius 1 is 1.19 bits per heavy atom. The van der Waals surface area contributed by atoms with Crippen LogP contribution in [0.2, 0.25) is 0 Å². The predicted octanol–water partition coefficient (Wildman–Crippen LogP) is 2.21. The molecular weight excluding hydrogens is 264 g/mol. The number of rotatable bonds is 5. The van der Waals surface area contributed by atoms with Crippen LogP contribution in [0.25, 0.3) is 10.9 Å². The summed E-state index contributed by atoms with van der Waals surface area (Å²) in [7, 11) is 0. The Kier molecular flexibility index (Phi) is 4.80. The lowest BCUT2D eigenvalue weighted by atomic mass is 10.1. The molecule has 1 aliphatic heterocycles. The van der Waals surface area contributed by atoms with Gasteiger partial charge in [0, 0.05) is 31.2 Å². The molecule has 3 rings (SSSR count). The van der Waals surface area contributed by atoms with Gasteiger partial charge in [0.2, 0.25) is 0 Å². The fourth-order valence-electron chi connectivity index (χ4n) is 2.99. The molecule has 2 aromatic rings. The average Bonchev–Trinajstić information content (AvgIpc) is 2.55. The molecule has 4 heteroatoms. The molecule has 0 spiro atoms. The third-order valence-electron chi connectivity index (χ3n) is 4.09. The zero-order valence-electron chi connectivity index (χ0n) is 12.2. The smallest absolute Gasteiger partial charge is 0.0746 e. The van der Waals surface area contributed by atoms with Gasteiger partial charge in [-0.2, -0.15) is 0 Å². The van der Waals surface area contributed by atoms with Crippen molar-refractivity contribution in [1.29, 1.82) is 0 Å². The highest BCUT2D eigenvalue weighted by Crippen LogP contribution is 2.20. The summed E-state index contributed by atoms with van der Waals surface area (Å²) in [6.45, 7) is 3.60. The zero-order valence-corrected chi connectivity index (χ0v) is 12.2. The van der Waals surface area contributed by atoms with Crippen LogP contribution in [0.1, 0.15) is 18.4 Å².